The summed E-state index contributed by atoms with van der Waals surface area (Å²) in [6, 6.07) is 4.20. The molecule has 0 aromatic carbocycles. The Bertz CT molecular complexity index is 443. The van der Waals surface area contributed by atoms with Crippen molar-refractivity contribution in [2.75, 3.05) is 7.05 Å². The summed E-state index contributed by atoms with van der Waals surface area (Å²) < 4.78 is 0. The van der Waals surface area contributed by atoms with E-state index in [1.54, 1.807) is 0 Å². The molecule has 0 saturated carbocycles. The third-order valence-electron chi connectivity index (χ3n) is 2.52. The van der Waals surface area contributed by atoms with Crippen LogP contribution < -0.4 is 0 Å². The molecule has 1 aliphatic carbocycles. The fraction of sp³-hybridized carbons (Fsp3) is 0.273. The molecule has 1 atom stereocenters. The summed E-state index contributed by atoms with van der Waals surface area (Å²) in [4.78, 5) is 3.24. The van der Waals surface area contributed by atoms with Gasteiger partial charge in [-0.15, -0.1) is 0 Å². The van der Waals surface area contributed by atoms with E-state index in [4.69, 9.17) is 10.5 Å². The van der Waals surface area contributed by atoms with Crippen molar-refractivity contribution < 1.29 is 0 Å². The largest absolute Gasteiger partial charge is 0.360 e. The number of allylic oxidation sites excluding steroid dienone is 3. The molecule has 1 heterocycles. The summed E-state index contributed by atoms with van der Waals surface area (Å²) in [5.41, 5.74) is 0.206. The predicted molar refractivity (Wildman–Crippen MR) is 59.2 cm³/mol. The summed E-state index contributed by atoms with van der Waals surface area (Å²) in [5, 5.41) is 18.4. The molecular formula is C11H9N3S. The Morgan fingerprint density at radius 1 is 1.53 bits per heavy atom. The molecule has 0 N–H and O–H groups in total. The van der Waals surface area contributed by atoms with Gasteiger partial charge in [-0.05, 0) is 6.42 Å². The van der Waals surface area contributed by atoms with Crippen LogP contribution in [0.1, 0.15) is 6.42 Å². The second-order valence-corrected chi connectivity index (χ2v) is 4.43. The molecule has 0 radical (unpaired) electrons. The predicted octanol–water partition coefficient (Wildman–Crippen LogP) is 2.14. The highest BCUT2D eigenvalue weighted by molar-refractivity contribution is 8.07. The van der Waals surface area contributed by atoms with Gasteiger partial charge in [-0.2, -0.15) is 10.5 Å². The fourth-order valence-electron chi connectivity index (χ4n) is 1.72. The highest BCUT2D eigenvalue weighted by atomic mass is 32.2. The maximum atomic E-state index is 8.83. The molecule has 0 spiro atoms. The first kappa shape index (κ1) is 9.89. The number of rotatable bonds is 0. The van der Waals surface area contributed by atoms with E-state index in [1.807, 2.05) is 30.2 Å². The number of likely N-dealkylation sites (N-methyl/N-ethyl adjacent to an activating group) is 1. The Balaban J connectivity index is 2.41. The van der Waals surface area contributed by atoms with Crippen molar-refractivity contribution in [3.63, 3.8) is 0 Å². The minimum absolute atomic E-state index is 0.206. The molecule has 3 nitrogen and oxygen atoms in total. The number of nitriles is 2. The lowest BCUT2D eigenvalue weighted by molar-refractivity contribution is 0.382. The average Bonchev–Trinajstić information content (AvgIpc) is 2.60. The van der Waals surface area contributed by atoms with Crippen LogP contribution in [0.5, 0.6) is 0 Å². The summed E-state index contributed by atoms with van der Waals surface area (Å²) in [6.45, 7) is 0. The van der Waals surface area contributed by atoms with Gasteiger partial charge in [0.15, 0.2) is 5.57 Å². The number of thioether (sulfide) groups is 1. The van der Waals surface area contributed by atoms with E-state index in [9.17, 15) is 0 Å². The van der Waals surface area contributed by atoms with Crippen molar-refractivity contribution >= 4 is 11.8 Å². The molecule has 1 saturated heterocycles. The van der Waals surface area contributed by atoms with Crippen molar-refractivity contribution in [2.24, 2.45) is 0 Å². The fourth-order valence-corrected chi connectivity index (χ4v) is 2.95. The second kappa shape index (κ2) is 3.84. The van der Waals surface area contributed by atoms with E-state index >= 15 is 0 Å². The van der Waals surface area contributed by atoms with Gasteiger partial charge < -0.3 is 4.90 Å². The van der Waals surface area contributed by atoms with Crippen LogP contribution >= 0.6 is 11.8 Å². The van der Waals surface area contributed by atoms with Crippen molar-refractivity contribution in [1.82, 2.24) is 4.90 Å². The lowest BCUT2D eigenvalue weighted by atomic mass is 10.1. The second-order valence-electron chi connectivity index (χ2n) is 3.37. The zero-order valence-electron chi connectivity index (χ0n) is 8.27. The minimum atomic E-state index is 0.206. The first-order valence-electron chi connectivity index (χ1n) is 4.59. The van der Waals surface area contributed by atoms with Crippen LogP contribution in [0.25, 0.3) is 0 Å². The molecule has 4 heteroatoms. The van der Waals surface area contributed by atoms with Crippen LogP contribution in [0.15, 0.2) is 33.7 Å². The SMILES string of the molecule is CN1C(=C(C#N)C#N)SC2=CC=CCC21. The quantitative estimate of drug-likeness (QED) is 0.581. The van der Waals surface area contributed by atoms with Crippen LogP contribution in [-0.2, 0) is 0 Å². The van der Waals surface area contributed by atoms with Crippen LogP contribution in [0, 0.1) is 22.7 Å². The van der Waals surface area contributed by atoms with Crippen LogP contribution in [0.2, 0.25) is 0 Å². The first-order valence-corrected chi connectivity index (χ1v) is 5.41. The molecule has 15 heavy (non-hydrogen) atoms. The third-order valence-corrected chi connectivity index (χ3v) is 3.85. The molecular weight excluding hydrogens is 206 g/mol. The Kier molecular flexibility index (Phi) is 2.53. The topological polar surface area (TPSA) is 50.8 Å². The molecule has 0 bridgehead atoms. The van der Waals surface area contributed by atoms with Crippen LogP contribution in [-0.4, -0.2) is 18.0 Å². The molecule has 2 aliphatic rings. The lowest BCUT2D eigenvalue weighted by Gasteiger charge is -2.21. The first-order chi connectivity index (χ1) is 7.27. The smallest absolute Gasteiger partial charge is 0.159 e. The van der Waals surface area contributed by atoms with Gasteiger partial charge in [0, 0.05) is 12.0 Å². The van der Waals surface area contributed by atoms with Crippen molar-refractivity contribution in [3.8, 4) is 12.1 Å². The van der Waals surface area contributed by atoms with Crippen molar-refractivity contribution in [2.45, 2.75) is 12.5 Å². The maximum absolute atomic E-state index is 8.83. The van der Waals surface area contributed by atoms with E-state index in [0.717, 1.165) is 11.4 Å². The van der Waals surface area contributed by atoms with E-state index < -0.39 is 0 Å². The Morgan fingerprint density at radius 2 is 2.27 bits per heavy atom. The summed E-state index contributed by atoms with van der Waals surface area (Å²) in [6.07, 6.45) is 7.12. The number of hydrogen-bond acceptors (Lipinski definition) is 4. The van der Waals surface area contributed by atoms with Gasteiger partial charge in [-0.25, -0.2) is 0 Å². The van der Waals surface area contributed by atoms with Gasteiger partial charge in [-0.1, -0.05) is 30.0 Å². The van der Waals surface area contributed by atoms with Crippen LogP contribution in [0.4, 0.5) is 0 Å². The highest BCUT2D eigenvalue weighted by Gasteiger charge is 2.32. The van der Waals surface area contributed by atoms with E-state index in [1.165, 1.54) is 16.7 Å². The molecule has 1 unspecified atom stereocenters. The van der Waals surface area contributed by atoms with Gasteiger partial charge in [-0.3, -0.25) is 0 Å². The zero-order chi connectivity index (χ0) is 10.8. The zero-order valence-corrected chi connectivity index (χ0v) is 9.08. The van der Waals surface area contributed by atoms with Gasteiger partial charge in [0.25, 0.3) is 0 Å². The number of nitrogens with zero attached hydrogens (tertiary/aromatic N) is 3. The standard InChI is InChI=1S/C11H9N3S/c1-14-9-4-2-3-5-10(9)15-11(14)8(6-12)7-13/h2-3,5,9H,4H2,1H3. The minimum Gasteiger partial charge on any atom is -0.360 e. The van der Waals surface area contributed by atoms with Crippen LogP contribution in [0.3, 0.4) is 0 Å². The monoisotopic (exact) mass is 215 g/mol. The molecule has 0 aromatic rings. The Labute approximate surface area is 93.0 Å². The molecule has 74 valence electrons. The number of fused-ring (bicyclic) bond motifs is 1. The summed E-state index contributed by atoms with van der Waals surface area (Å²) >= 11 is 1.53. The number of hydrogen-bond donors (Lipinski definition) is 0. The molecule has 0 aromatic heterocycles. The van der Waals surface area contributed by atoms with E-state index in [2.05, 4.69) is 12.2 Å². The third kappa shape index (κ3) is 1.54. The van der Waals surface area contributed by atoms with Gasteiger partial charge in [0.1, 0.15) is 17.2 Å². The lowest BCUT2D eigenvalue weighted by Crippen LogP contribution is -2.25. The van der Waals surface area contributed by atoms with Crippen molar-refractivity contribution in [1.29, 1.82) is 10.5 Å². The molecule has 1 fully saturated rings. The molecule has 0 amide bonds. The van der Waals surface area contributed by atoms with Gasteiger partial charge in [0.2, 0.25) is 0 Å². The van der Waals surface area contributed by atoms with E-state index in [-0.39, 0.29) is 5.57 Å². The average molecular weight is 215 g/mol. The Morgan fingerprint density at radius 3 is 2.87 bits per heavy atom. The maximum Gasteiger partial charge on any atom is 0.159 e. The summed E-state index contributed by atoms with van der Waals surface area (Å²) in [5.74, 6) is 0. The van der Waals surface area contributed by atoms with E-state index in [0.29, 0.717) is 6.04 Å². The van der Waals surface area contributed by atoms with Gasteiger partial charge >= 0.3 is 0 Å². The summed E-state index contributed by atoms with van der Waals surface area (Å²) in [7, 11) is 1.93. The molecule has 2 rings (SSSR count). The molecule has 1 aliphatic heterocycles. The normalized spacial score (nSPS) is 22.9. The van der Waals surface area contributed by atoms with Crippen molar-refractivity contribution in [3.05, 3.63) is 33.7 Å². The highest BCUT2D eigenvalue weighted by Crippen LogP contribution is 2.44. The Hall–Kier alpha value is -1.65. The van der Waals surface area contributed by atoms with Gasteiger partial charge in [0.05, 0.1) is 6.04 Å².